The van der Waals surface area contributed by atoms with Gasteiger partial charge >= 0.3 is 0 Å². The summed E-state index contributed by atoms with van der Waals surface area (Å²) >= 11 is 0. The quantitative estimate of drug-likeness (QED) is 0.812. The van der Waals surface area contributed by atoms with Crippen LogP contribution in [-0.4, -0.2) is 60.4 Å². The number of nitrogens with one attached hydrogen (secondary N) is 1. The van der Waals surface area contributed by atoms with E-state index in [-0.39, 0.29) is 24.4 Å². The van der Waals surface area contributed by atoms with Gasteiger partial charge in [0, 0.05) is 25.6 Å². The van der Waals surface area contributed by atoms with Gasteiger partial charge in [-0.1, -0.05) is 0 Å². The third kappa shape index (κ3) is 3.95. The van der Waals surface area contributed by atoms with E-state index in [1.165, 1.54) is 0 Å². The van der Waals surface area contributed by atoms with Crippen molar-refractivity contribution in [2.75, 3.05) is 32.7 Å². The van der Waals surface area contributed by atoms with Crippen LogP contribution < -0.4 is 5.32 Å². The number of amides is 2. The highest BCUT2D eigenvalue weighted by Crippen LogP contribution is 2.16. The fraction of sp³-hybridized carbons (Fsp3) is 0.867. The summed E-state index contributed by atoms with van der Waals surface area (Å²) < 4.78 is 0. The van der Waals surface area contributed by atoms with Gasteiger partial charge in [0.2, 0.25) is 11.8 Å². The van der Waals surface area contributed by atoms with Crippen LogP contribution in [0.2, 0.25) is 0 Å². The van der Waals surface area contributed by atoms with Crippen molar-refractivity contribution >= 4 is 11.8 Å². The smallest absolute Gasteiger partial charge is 0.242 e. The summed E-state index contributed by atoms with van der Waals surface area (Å²) in [6.07, 6.45) is 3.77. The van der Waals surface area contributed by atoms with Crippen LogP contribution in [0.4, 0.5) is 0 Å². The van der Waals surface area contributed by atoms with Gasteiger partial charge in [0.1, 0.15) is 0 Å². The van der Waals surface area contributed by atoms with E-state index >= 15 is 0 Å². The first-order valence-electron chi connectivity index (χ1n) is 7.86. The lowest BCUT2D eigenvalue weighted by Crippen LogP contribution is -2.47. The first-order valence-corrected chi connectivity index (χ1v) is 7.86. The Hall–Kier alpha value is -1.10. The Bertz CT molecular complexity index is 351. The van der Waals surface area contributed by atoms with Gasteiger partial charge in [-0.2, -0.15) is 0 Å². The summed E-state index contributed by atoms with van der Waals surface area (Å²) in [7, 11) is 0. The first-order chi connectivity index (χ1) is 9.58. The zero-order valence-electron chi connectivity index (χ0n) is 12.7. The van der Waals surface area contributed by atoms with Gasteiger partial charge in [0.15, 0.2) is 0 Å². The minimum absolute atomic E-state index is 0.105. The van der Waals surface area contributed by atoms with Crippen LogP contribution in [0.25, 0.3) is 0 Å². The molecular formula is C15H27N3O2. The minimum atomic E-state index is 0.105. The molecule has 5 heteroatoms. The van der Waals surface area contributed by atoms with Crippen LogP contribution in [0, 0.1) is 5.92 Å². The number of carbonyl (C=O) groups is 2. The van der Waals surface area contributed by atoms with Gasteiger partial charge in [-0.15, -0.1) is 0 Å². The van der Waals surface area contributed by atoms with Crippen molar-refractivity contribution in [3.63, 3.8) is 0 Å². The van der Waals surface area contributed by atoms with E-state index in [4.69, 9.17) is 0 Å². The Labute approximate surface area is 121 Å². The third-order valence-corrected chi connectivity index (χ3v) is 4.35. The molecule has 0 aromatic rings. The van der Waals surface area contributed by atoms with Crippen LogP contribution in [0.3, 0.4) is 0 Å². The number of rotatable bonds is 5. The maximum atomic E-state index is 12.5. The third-order valence-electron chi connectivity index (χ3n) is 4.35. The van der Waals surface area contributed by atoms with Crippen LogP contribution in [0.15, 0.2) is 0 Å². The molecule has 0 spiro atoms. The van der Waals surface area contributed by atoms with Crippen molar-refractivity contribution < 1.29 is 9.59 Å². The topological polar surface area (TPSA) is 52.7 Å². The zero-order valence-corrected chi connectivity index (χ0v) is 12.7. The number of hydrogen-bond donors (Lipinski definition) is 1. The normalized spacial score (nSPS) is 20.8. The number of likely N-dealkylation sites (tertiary alicyclic amines) is 1. The molecule has 2 amide bonds. The van der Waals surface area contributed by atoms with Crippen molar-refractivity contribution in [3.05, 3.63) is 0 Å². The van der Waals surface area contributed by atoms with Crippen molar-refractivity contribution in [3.8, 4) is 0 Å². The molecule has 5 nitrogen and oxygen atoms in total. The van der Waals surface area contributed by atoms with Crippen molar-refractivity contribution in [1.82, 2.24) is 15.1 Å². The highest BCUT2D eigenvalue weighted by Gasteiger charge is 2.27. The molecule has 2 aliphatic rings. The molecule has 0 unspecified atom stereocenters. The molecule has 0 bridgehead atoms. The molecular weight excluding hydrogens is 254 g/mol. The van der Waals surface area contributed by atoms with E-state index in [0.29, 0.717) is 12.3 Å². The number of piperidine rings is 1. The molecule has 0 aliphatic carbocycles. The molecule has 2 heterocycles. The van der Waals surface area contributed by atoms with Gasteiger partial charge in [-0.05, 0) is 52.1 Å². The monoisotopic (exact) mass is 281 g/mol. The van der Waals surface area contributed by atoms with Crippen LogP contribution in [0.1, 0.15) is 39.5 Å². The van der Waals surface area contributed by atoms with Crippen LogP contribution >= 0.6 is 0 Å². The van der Waals surface area contributed by atoms with Gasteiger partial charge in [0.05, 0.1) is 6.54 Å². The SMILES string of the molecule is CC(C)N(CC1CCNCC1)C(=O)CN1CCCC1=O. The Kier molecular flexibility index (Phi) is 5.40. The maximum Gasteiger partial charge on any atom is 0.242 e. The van der Waals surface area contributed by atoms with Gasteiger partial charge < -0.3 is 15.1 Å². The summed E-state index contributed by atoms with van der Waals surface area (Å²) in [6.45, 7) is 8.06. The summed E-state index contributed by atoms with van der Waals surface area (Å²) in [5, 5.41) is 3.35. The second-order valence-electron chi connectivity index (χ2n) is 6.25. The molecule has 20 heavy (non-hydrogen) atoms. The second kappa shape index (κ2) is 7.07. The van der Waals surface area contributed by atoms with E-state index in [1.807, 2.05) is 4.90 Å². The fourth-order valence-corrected chi connectivity index (χ4v) is 3.07. The Balaban J connectivity index is 1.89. The Morgan fingerprint density at radius 1 is 1.40 bits per heavy atom. The van der Waals surface area contributed by atoms with Crippen molar-refractivity contribution in [1.29, 1.82) is 0 Å². The van der Waals surface area contributed by atoms with Crippen LogP contribution in [0.5, 0.6) is 0 Å². The van der Waals surface area contributed by atoms with Gasteiger partial charge in [0.25, 0.3) is 0 Å². The summed E-state index contributed by atoms with van der Waals surface area (Å²) in [6, 6.07) is 0.204. The highest BCUT2D eigenvalue weighted by molar-refractivity contribution is 5.86. The molecule has 0 atom stereocenters. The molecule has 0 saturated carbocycles. The molecule has 2 aliphatic heterocycles. The fourth-order valence-electron chi connectivity index (χ4n) is 3.07. The number of nitrogens with zero attached hydrogens (tertiary/aromatic N) is 2. The van der Waals surface area contributed by atoms with Gasteiger partial charge in [-0.3, -0.25) is 9.59 Å². The Morgan fingerprint density at radius 3 is 2.65 bits per heavy atom. The zero-order chi connectivity index (χ0) is 14.5. The minimum Gasteiger partial charge on any atom is -0.338 e. The maximum absolute atomic E-state index is 12.5. The lowest BCUT2D eigenvalue weighted by atomic mass is 9.97. The van der Waals surface area contributed by atoms with Crippen LogP contribution in [-0.2, 0) is 9.59 Å². The highest BCUT2D eigenvalue weighted by atomic mass is 16.2. The lowest BCUT2D eigenvalue weighted by molar-refractivity contribution is -0.140. The van der Waals surface area contributed by atoms with Crippen molar-refractivity contribution in [2.45, 2.75) is 45.6 Å². The molecule has 0 aromatic carbocycles. The molecule has 2 saturated heterocycles. The lowest BCUT2D eigenvalue weighted by Gasteiger charge is -2.34. The number of carbonyl (C=O) groups excluding carboxylic acids is 2. The Morgan fingerprint density at radius 2 is 2.10 bits per heavy atom. The number of hydrogen-bond acceptors (Lipinski definition) is 3. The predicted molar refractivity (Wildman–Crippen MR) is 78.3 cm³/mol. The van der Waals surface area contributed by atoms with E-state index in [1.54, 1.807) is 4.90 Å². The second-order valence-corrected chi connectivity index (χ2v) is 6.25. The standard InChI is InChI=1S/C15H27N3O2/c1-12(2)18(10-13-5-7-16-8-6-13)15(20)11-17-9-3-4-14(17)19/h12-13,16H,3-11H2,1-2H3. The predicted octanol–water partition coefficient (Wildman–Crippen LogP) is 0.845. The first kappa shape index (κ1) is 15.3. The summed E-state index contributed by atoms with van der Waals surface area (Å²) in [5.74, 6) is 0.828. The molecule has 1 N–H and O–H groups in total. The molecule has 2 rings (SSSR count). The van der Waals surface area contributed by atoms with E-state index in [2.05, 4.69) is 19.2 Å². The average molecular weight is 281 g/mol. The summed E-state index contributed by atoms with van der Waals surface area (Å²) in [5.41, 5.74) is 0. The largest absolute Gasteiger partial charge is 0.338 e. The average Bonchev–Trinajstić information content (AvgIpc) is 2.82. The van der Waals surface area contributed by atoms with Gasteiger partial charge in [-0.25, -0.2) is 0 Å². The summed E-state index contributed by atoms with van der Waals surface area (Å²) in [4.78, 5) is 27.8. The van der Waals surface area contributed by atoms with Crippen molar-refractivity contribution in [2.24, 2.45) is 5.92 Å². The molecule has 2 fully saturated rings. The van der Waals surface area contributed by atoms with E-state index in [9.17, 15) is 9.59 Å². The molecule has 0 radical (unpaired) electrons. The molecule has 0 aromatic heterocycles. The molecule has 114 valence electrons. The van der Waals surface area contributed by atoms with E-state index in [0.717, 1.165) is 45.4 Å². The van der Waals surface area contributed by atoms with E-state index < -0.39 is 0 Å².